The van der Waals surface area contributed by atoms with Gasteiger partial charge in [0.15, 0.2) is 9.84 Å². The van der Waals surface area contributed by atoms with E-state index in [0.717, 1.165) is 52.1 Å². The number of aryl methyl sites for hydroxylation is 1. The maximum Gasteiger partial charge on any atom is 0.196 e. The molecule has 6 nitrogen and oxygen atoms in total. The molecule has 0 unspecified atom stereocenters. The van der Waals surface area contributed by atoms with Crippen LogP contribution in [0.3, 0.4) is 0 Å². The van der Waals surface area contributed by atoms with Gasteiger partial charge in [-0.1, -0.05) is 61.5 Å². The molecule has 4 aromatic carbocycles. The van der Waals surface area contributed by atoms with Gasteiger partial charge in [-0.05, 0) is 66.4 Å². The van der Waals surface area contributed by atoms with E-state index in [0.29, 0.717) is 11.3 Å². The predicted octanol–water partition coefficient (Wildman–Crippen LogP) is 6.67. The summed E-state index contributed by atoms with van der Waals surface area (Å²) in [7, 11) is -3.49. The largest absolute Gasteiger partial charge is 0.371 e. The molecule has 1 aromatic heterocycles. The first kappa shape index (κ1) is 25.2. The van der Waals surface area contributed by atoms with E-state index < -0.39 is 9.84 Å². The molecule has 0 fully saturated rings. The molecule has 0 spiro atoms. The van der Waals surface area contributed by atoms with Crippen LogP contribution < -0.4 is 5.32 Å². The SMILES string of the molecule is CCCc1nc2ccc(NCS(=O)(=O)c3ccccc3)cc2n1-c1ccc(-c2ccccc2)c(C#N)c1C. The Bertz CT molecular complexity index is 1750. The first-order chi connectivity index (χ1) is 18.4. The average Bonchev–Trinajstić information content (AvgIpc) is 3.30. The Morgan fingerprint density at radius 1 is 0.947 bits per heavy atom. The fourth-order valence-corrected chi connectivity index (χ4v) is 5.83. The van der Waals surface area contributed by atoms with Gasteiger partial charge in [0.1, 0.15) is 17.8 Å². The number of hydrogen-bond acceptors (Lipinski definition) is 5. The number of imidazole rings is 1. The molecular weight excluding hydrogens is 492 g/mol. The van der Waals surface area contributed by atoms with Crippen molar-refractivity contribution in [2.24, 2.45) is 0 Å². The monoisotopic (exact) mass is 520 g/mol. The highest BCUT2D eigenvalue weighted by atomic mass is 32.2. The van der Waals surface area contributed by atoms with Gasteiger partial charge in [0.2, 0.25) is 0 Å². The molecule has 38 heavy (non-hydrogen) atoms. The van der Waals surface area contributed by atoms with Gasteiger partial charge in [-0.25, -0.2) is 13.4 Å². The van der Waals surface area contributed by atoms with Crippen LogP contribution in [0, 0.1) is 18.3 Å². The first-order valence-electron chi connectivity index (χ1n) is 12.6. The van der Waals surface area contributed by atoms with Crippen LogP contribution in [0.2, 0.25) is 0 Å². The van der Waals surface area contributed by atoms with E-state index in [1.54, 1.807) is 30.3 Å². The molecule has 5 rings (SSSR count). The van der Waals surface area contributed by atoms with Crippen LogP contribution in [0.25, 0.3) is 27.8 Å². The second kappa shape index (κ2) is 10.5. The van der Waals surface area contributed by atoms with Crippen molar-refractivity contribution in [3.63, 3.8) is 0 Å². The highest BCUT2D eigenvalue weighted by Crippen LogP contribution is 2.33. The molecule has 0 saturated carbocycles. The van der Waals surface area contributed by atoms with Crippen molar-refractivity contribution in [2.45, 2.75) is 31.6 Å². The van der Waals surface area contributed by atoms with Crippen molar-refractivity contribution in [3.8, 4) is 22.9 Å². The van der Waals surface area contributed by atoms with Crippen molar-refractivity contribution < 1.29 is 8.42 Å². The summed E-state index contributed by atoms with van der Waals surface area (Å²) < 4.78 is 27.7. The Balaban J connectivity index is 1.58. The van der Waals surface area contributed by atoms with Crippen LogP contribution in [-0.4, -0.2) is 23.8 Å². The standard InChI is InChI=1S/C31H28N4O2S/c1-3-10-31-34-28-17-15-24(33-21-38(36,37)25-13-8-5-9-14-25)19-30(28)35(31)29-18-16-26(27(20-32)22(29)2)23-11-6-4-7-12-23/h4-9,11-19,33H,3,10,21H2,1-2H3. The lowest BCUT2D eigenvalue weighted by Gasteiger charge is -2.16. The minimum absolute atomic E-state index is 0.220. The lowest BCUT2D eigenvalue weighted by Crippen LogP contribution is -2.14. The fourth-order valence-electron chi connectivity index (χ4n) is 4.73. The minimum atomic E-state index is -3.49. The Morgan fingerprint density at radius 2 is 1.66 bits per heavy atom. The van der Waals surface area contributed by atoms with E-state index >= 15 is 0 Å². The number of aromatic nitrogens is 2. The molecule has 0 saturated heterocycles. The summed E-state index contributed by atoms with van der Waals surface area (Å²) in [4.78, 5) is 5.17. The third-order valence-electron chi connectivity index (χ3n) is 6.64. The molecule has 0 atom stereocenters. The van der Waals surface area contributed by atoms with Crippen molar-refractivity contribution in [1.82, 2.24) is 9.55 Å². The minimum Gasteiger partial charge on any atom is -0.371 e. The molecule has 0 bridgehead atoms. The number of benzene rings is 4. The molecule has 0 amide bonds. The van der Waals surface area contributed by atoms with Gasteiger partial charge >= 0.3 is 0 Å². The van der Waals surface area contributed by atoms with Gasteiger partial charge < -0.3 is 5.32 Å². The number of anilines is 1. The van der Waals surface area contributed by atoms with Gasteiger partial charge in [0, 0.05) is 12.1 Å². The average molecular weight is 521 g/mol. The van der Waals surface area contributed by atoms with E-state index in [2.05, 4.69) is 22.9 Å². The van der Waals surface area contributed by atoms with Gasteiger partial charge in [-0.3, -0.25) is 4.57 Å². The van der Waals surface area contributed by atoms with Crippen molar-refractivity contribution >= 4 is 26.6 Å². The maximum absolute atomic E-state index is 12.8. The molecule has 190 valence electrons. The van der Waals surface area contributed by atoms with E-state index in [9.17, 15) is 13.7 Å². The second-order valence-corrected chi connectivity index (χ2v) is 11.2. The summed E-state index contributed by atoms with van der Waals surface area (Å²) in [6.45, 7) is 4.08. The number of fused-ring (bicyclic) bond motifs is 1. The van der Waals surface area contributed by atoms with E-state index in [1.165, 1.54) is 0 Å². The van der Waals surface area contributed by atoms with Crippen LogP contribution in [-0.2, 0) is 16.3 Å². The maximum atomic E-state index is 12.8. The summed E-state index contributed by atoms with van der Waals surface area (Å²) in [6, 6.07) is 30.5. The van der Waals surface area contributed by atoms with Gasteiger partial charge in [0.05, 0.1) is 27.2 Å². The molecule has 1 heterocycles. The number of sulfone groups is 1. The quantitative estimate of drug-likeness (QED) is 0.247. The molecular formula is C31H28N4O2S. The smallest absolute Gasteiger partial charge is 0.196 e. The summed E-state index contributed by atoms with van der Waals surface area (Å²) in [6.07, 6.45) is 1.68. The number of nitrogens with one attached hydrogen (secondary N) is 1. The lowest BCUT2D eigenvalue weighted by molar-refractivity contribution is 0.598. The topological polar surface area (TPSA) is 87.8 Å². The Labute approximate surface area is 223 Å². The van der Waals surface area contributed by atoms with Crippen molar-refractivity contribution in [1.29, 1.82) is 5.26 Å². The first-order valence-corrected chi connectivity index (χ1v) is 14.2. The van der Waals surface area contributed by atoms with Gasteiger partial charge in [0.25, 0.3) is 0 Å². The highest BCUT2D eigenvalue weighted by Gasteiger charge is 2.19. The molecule has 0 aliphatic carbocycles. The number of nitrogens with zero attached hydrogens (tertiary/aromatic N) is 3. The summed E-state index contributed by atoms with van der Waals surface area (Å²) in [5.74, 6) is 0.679. The third kappa shape index (κ3) is 4.79. The number of rotatable bonds is 8. The van der Waals surface area contributed by atoms with Crippen LogP contribution in [0.5, 0.6) is 0 Å². The number of hydrogen-bond donors (Lipinski definition) is 1. The van der Waals surface area contributed by atoms with Crippen molar-refractivity contribution in [2.75, 3.05) is 11.2 Å². The van der Waals surface area contributed by atoms with Crippen LogP contribution in [0.15, 0.2) is 95.9 Å². The molecule has 0 aliphatic rings. The normalized spacial score (nSPS) is 11.4. The van der Waals surface area contributed by atoms with Crippen LogP contribution in [0.4, 0.5) is 5.69 Å². The van der Waals surface area contributed by atoms with E-state index in [4.69, 9.17) is 4.98 Å². The Kier molecular flexibility index (Phi) is 6.99. The summed E-state index contributed by atoms with van der Waals surface area (Å²) >= 11 is 0. The summed E-state index contributed by atoms with van der Waals surface area (Å²) in [5, 5.41) is 13.2. The zero-order valence-electron chi connectivity index (χ0n) is 21.3. The zero-order chi connectivity index (χ0) is 26.7. The second-order valence-electron chi connectivity index (χ2n) is 9.18. The molecule has 5 aromatic rings. The Morgan fingerprint density at radius 3 is 2.34 bits per heavy atom. The third-order valence-corrected chi connectivity index (χ3v) is 8.15. The predicted molar refractivity (Wildman–Crippen MR) is 152 cm³/mol. The number of nitriles is 1. The van der Waals surface area contributed by atoms with Crippen LogP contribution in [0.1, 0.15) is 30.3 Å². The summed E-state index contributed by atoms with van der Waals surface area (Å²) in [5.41, 5.74) is 6.63. The van der Waals surface area contributed by atoms with Crippen molar-refractivity contribution in [3.05, 3.63) is 108 Å². The molecule has 7 heteroatoms. The highest BCUT2D eigenvalue weighted by molar-refractivity contribution is 7.91. The molecule has 0 aliphatic heterocycles. The van der Waals surface area contributed by atoms with Gasteiger partial charge in [-0.15, -0.1) is 0 Å². The molecule has 0 radical (unpaired) electrons. The van der Waals surface area contributed by atoms with E-state index in [1.807, 2.05) is 67.6 Å². The van der Waals surface area contributed by atoms with Crippen LogP contribution >= 0.6 is 0 Å². The zero-order valence-corrected chi connectivity index (χ0v) is 22.2. The molecule has 1 N–H and O–H groups in total. The van der Waals surface area contributed by atoms with E-state index in [-0.39, 0.29) is 10.8 Å². The van der Waals surface area contributed by atoms with Gasteiger partial charge in [-0.2, -0.15) is 5.26 Å². The fraction of sp³-hybridized carbons (Fsp3) is 0.161. The lowest BCUT2D eigenvalue weighted by atomic mass is 9.95. The Hall–Kier alpha value is -4.41.